The molecule has 1 N–H and O–H groups in total. The summed E-state index contributed by atoms with van der Waals surface area (Å²) in [6.07, 6.45) is 1.10. The van der Waals surface area contributed by atoms with Gasteiger partial charge in [0.05, 0.1) is 11.9 Å². The zero-order valence-electron chi connectivity index (χ0n) is 18.1. The molecule has 0 aliphatic carbocycles. The standard InChI is InChI=1S/C23H32N4O2/c1-17(29-20-9-6-18(7-10-20)23(2,3)4)22(28)25-19-8-11-21(24-16-19)27-14-12-26(5)13-15-27/h6-11,16-17H,12-15H2,1-5H3,(H,25,28)/t17-/m1/s1. The number of hydrogen-bond donors (Lipinski definition) is 1. The van der Waals surface area contributed by atoms with E-state index < -0.39 is 6.10 Å². The monoisotopic (exact) mass is 396 g/mol. The van der Waals surface area contributed by atoms with Crippen LogP contribution in [0.4, 0.5) is 11.5 Å². The predicted octanol–water partition coefficient (Wildman–Crippen LogP) is 3.54. The topological polar surface area (TPSA) is 57.7 Å². The fourth-order valence-corrected chi connectivity index (χ4v) is 3.22. The Morgan fingerprint density at radius 2 is 1.72 bits per heavy atom. The summed E-state index contributed by atoms with van der Waals surface area (Å²) in [5.41, 5.74) is 1.99. The Morgan fingerprint density at radius 1 is 1.07 bits per heavy atom. The molecule has 0 unspecified atom stereocenters. The second-order valence-corrected chi connectivity index (χ2v) is 8.72. The van der Waals surface area contributed by atoms with Crippen molar-refractivity contribution in [1.29, 1.82) is 0 Å². The van der Waals surface area contributed by atoms with Crippen LogP contribution in [0.3, 0.4) is 0 Å². The van der Waals surface area contributed by atoms with Gasteiger partial charge in [0.1, 0.15) is 11.6 Å². The number of aromatic nitrogens is 1. The second-order valence-electron chi connectivity index (χ2n) is 8.72. The van der Waals surface area contributed by atoms with Gasteiger partial charge in [0.2, 0.25) is 0 Å². The maximum Gasteiger partial charge on any atom is 0.265 e. The van der Waals surface area contributed by atoms with Crippen molar-refractivity contribution >= 4 is 17.4 Å². The number of benzene rings is 1. The van der Waals surface area contributed by atoms with Crippen molar-refractivity contribution < 1.29 is 9.53 Å². The van der Waals surface area contributed by atoms with E-state index in [1.54, 1.807) is 13.1 Å². The molecule has 1 saturated heterocycles. The summed E-state index contributed by atoms with van der Waals surface area (Å²) >= 11 is 0. The van der Waals surface area contributed by atoms with Gasteiger partial charge in [-0.05, 0) is 49.2 Å². The summed E-state index contributed by atoms with van der Waals surface area (Å²) in [5.74, 6) is 1.43. The highest BCUT2D eigenvalue weighted by atomic mass is 16.5. The first kappa shape index (κ1) is 21.1. The SMILES string of the molecule is C[C@@H](Oc1ccc(C(C)(C)C)cc1)C(=O)Nc1ccc(N2CCN(C)CC2)nc1. The lowest BCUT2D eigenvalue weighted by Crippen LogP contribution is -2.44. The fourth-order valence-electron chi connectivity index (χ4n) is 3.22. The number of hydrogen-bond acceptors (Lipinski definition) is 5. The lowest BCUT2D eigenvalue weighted by molar-refractivity contribution is -0.122. The van der Waals surface area contributed by atoms with Gasteiger partial charge in [0.25, 0.3) is 5.91 Å². The maximum absolute atomic E-state index is 12.5. The number of piperazine rings is 1. The van der Waals surface area contributed by atoms with E-state index in [0.29, 0.717) is 11.4 Å². The summed E-state index contributed by atoms with van der Waals surface area (Å²) < 4.78 is 5.80. The number of anilines is 2. The molecule has 0 radical (unpaired) electrons. The molecule has 29 heavy (non-hydrogen) atoms. The third kappa shape index (κ3) is 5.70. The summed E-state index contributed by atoms with van der Waals surface area (Å²) in [7, 11) is 2.13. The molecule has 0 bridgehead atoms. The predicted molar refractivity (Wildman–Crippen MR) is 118 cm³/mol. The molecule has 156 valence electrons. The number of pyridine rings is 1. The molecule has 2 aromatic rings. The smallest absolute Gasteiger partial charge is 0.265 e. The molecule has 1 aromatic heterocycles. The highest BCUT2D eigenvalue weighted by molar-refractivity contribution is 5.94. The third-order valence-corrected chi connectivity index (χ3v) is 5.25. The number of amides is 1. The van der Waals surface area contributed by atoms with Gasteiger partial charge in [-0.15, -0.1) is 0 Å². The van der Waals surface area contributed by atoms with Gasteiger partial charge in [0, 0.05) is 26.2 Å². The van der Waals surface area contributed by atoms with Gasteiger partial charge < -0.3 is 19.9 Å². The summed E-state index contributed by atoms with van der Waals surface area (Å²) in [6, 6.07) is 11.8. The van der Waals surface area contributed by atoms with E-state index >= 15 is 0 Å². The summed E-state index contributed by atoms with van der Waals surface area (Å²) in [4.78, 5) is 21.6. The van der Waals surface area contributed by atoms with Gasteiger partial charge >= 0.3 is 0 Å². The van der Waals surface area contributed by atoms with E-state index in [1.165, 1.54) is 5.56 Å². The van der Waals surface area contributed by atoms with E-state index in [0.717, 1.165) is 32.0 Å². The van der Waals surface area contributed by atoms with E-state index in [9.17, 15) is 4.79 Å². The number of rotatable bonds is 5. The number of nitrogens with one attached hydrogen (secondary N) is 1. The van der Waals surface area contributed by atoms with Gasteiger partial charge in [0.15, 0.2) is 6.10 Å². The molecule has 1 fully saturated rings. The normalized spacial score (nSPS) is 16.4. The van der Waals surface area contributed by atoms with Crippen molar-refractivity contribution in [1.82, 2.24) is 9.88 Å². The van der Waals surface area contributed by atoms with Crippen LogP contribution in [0.2, 0.25) is 0 Å². The summed E-state index contributed by atoms with van der Waals surface area (Å²) in [5, 5.41) is 2.88. The fraction of sp³-hybridized carbons (Fsp3) is 0.478. The van der Waals surface area contributed by atoms with Gasteiger partial charge in [-0.3, -0.25) is 4.79 Å². The number of ether oxygens (including phenoxy) is 1. The number of carbonyl (C=O) groups is 1. The minimum Gasteiger partial charge on any atom is -0.481 e. The first-order chi connectivity index (χ1) is 13.7. The van der Waals surface area contributed by atoms with Crippen LogP contribution in [0.15, 0.2) is 42.6 Å². The third-order valence-electron chi connectivity index (χ3n) is 5.25. The zero-order valence-corrected chi connectivity index (χ0v) is 18.1. The van der Waals surface area contributed by atoms with Crippen LogP contribution in [0.5, 0.6) is 5.75 Å². The summed E-state index contributed by atoms with van der Waals surface area (Å²) in [6.45, 7) is 12.3. The molecule has 1 aliphatic heterocycles. The lowest BCUT2D eigenvalue weighted by Gasteiger charge is -2.33. The van der Waals surface area contributed by atoms with E-state index in [4.69, 9.17) is 4.74 Å². The second kappa shape index (κ2) is 8.82. The number of carbonyl (C=O) groups excluding carboxylic acids is 1. The Balaban J connectivity index is 1.54. The molecule has 1 aromatic carbocycles. The average Bonchev–Trinajstić information content (AvgIpc) is 2.69. The van der Waals surface area contributed by atoms with Crippen molar-refractivity contribution in [3.05, 3.63) is 48.2 Å². The van der Waals surface area contributed by atoms with Crippen LogP contribution in [0.1, 0.15) is 33.3 Å². The largest absolute Gasteiger partial charge is 0.481 e. The van der Waals surface area contributed by atoms with Crippen LogP contribution < -0.4 is 15.0 Å². The van der Waals surface area contributed by atoms with Crippen molar-refractivity contribution in [2.45, 2.75) is 39.2 Å². The highest BCUT2D eigenvalue weighted by Gasteiger charge is 2.18. The van der Waals surface area contributed by atoms with E-state index in [-0.39, 0.29) is 11.3 Å². The Hall–Kier alpha value is -2.60. The van der Waals surface area contributed by atoms with Crippen molar-refractivity contribution in [3.8, 4) is 5.75 Å². The van der Waals surface area contributed by atoms with Gasteiger partial charge in [-0.25, -0.2) is 4.98 Å². The van der Waals surface area contributed by atoms with Gasteiger partial charge in [-0.1, -0.05) is 32.9 Å². The lowest BCUT2D eigenvalue weighted by atomic mass is 9.87. The zero-order chi connectivity index (χ0) is 21.0. The highest BCUT2D eigenvalue weighted by Crippen LogP contribution is 2.25. The van der Waals surface area contributed by atoms with Crippen molar-refractivity contribution in [3.63, 3.8) is 0 Å². The first-order valence-electron chi connectivity index (χ1n) is 10.2. The van der Waals surface area contributed by atoms with Crippen LogP contribution >= 0.6 is 0 Å². The average molecular weight is 397 g/mol. The molecule has 1 amide bonds. The molecule has 6 heteroatoms. The molecule has 1 aliphatic rings. The molecule has 0 spiro atoms. The first-order valence-corrected chi connectivity index (χ1v) is 10.2. The van der Waals surface area contributed by atoms with Crippen molar-refractivity contribution in [2.75, 3.05) is 43.4 Å². The molecular formula is C23H32N4O2. The van der Waals surface area contributed by atoms with Crippen LogP contribution in [0.25, 0.3) is 0 Å². The quantitative estimate of drug-likeness (QED) is 0.838. The minimum absolute atomic E-state index is 0.0881. The van der Waals surface area contributed by atoms with E-state index in [2.05, 4.69) is 47.9 Å². The van der Waals surface area contributed by atoms with Crippen LogP contribution in [-0.2, 0) is 10.2 Å². The minimum atomic E-state index is -0.604. The van der Waals surface area contributed by atoms with E-state index in [1.807, 2.05) is 36.4 Å². The maximum atomic E-state index is 12.5. The Kier molecular flexibility index (Phi) is 6.42. The number of nitrogens with zero attached hydrogens (tertiary/aromatic N) is 3. The van der Waals surface area contributed by atoms with Gasteiger partial charge in [-0.2, -0.15) is 0 Å². The van der Waals surface area contributed by atoms with Crippen molar-refractivity contribution in [2.24, 2.45) is 0 Å². The molecule has 6 nitrogen and oxygen atoms in total. The number of likely N-dealkylation sites (N-methyl/N-ethyl adjacent to an activating group) is 1. The molecular weight excluding hydrogens is 364 g/mol. The Labute approximate surface area is 173 Å². The van der Waals surface area contributed by atoms with Crippen LogP contribution in [0, 0.1) is 0 Å². The van der Waals surface area contributed by atoms with Crippen LogP contribution in [-0.4, -0.2) is 55.1 Å². The molecule has 1 atom stereocenters. The molecule has 2 heterocycles. The molecule has 0 saturated carbocycles. The Bertz CT molecular complexity index is 804. The molecule has 3 rings (SSSR count). The Morgan fingerprint density at radius 3 is 2.28 bits per heavy atom.